The Morgan fingerprint density at radius 3 is 2.47 bits per heavy atom. The molecule has 1 atom stereocenters. The van der Waals surface area contributed by atoms with Gasteiger partial charge in [0.25, 0.3) is 0 Å². The van der Waals surface area contributed by atoms with Gasteiger partial charge in [-0.25, -0.2) is 13.2 Å². The standard InChI is InChI=1S/C15H11F3O/c16-9-4-5-12(14(18)8-9)15(19)7-6-10-11(15)2-1-3-13(10)17/h1-5,8,19H,6-7H2. The molecule has 1 aliphatic carbocycles. The van der Waals surface area contributed by atoms with Crippen LogP contribution < -0.4 is 0 Å². The third kappa shape index (κ3) is 1.75. The van der Waals surface area contributed by atoms with E-state index in [0.717, 1.165) is 12.1 Å². The van der Waals surface area contributed by atoms with Crippen molar-refractivity contribution in [3.63, 3.8) is 0 Å². The van der Waals surface area contributed by atoms with E-state index >= 15 is 0 Å². The monoisotopic (exact) mass is 264 g/mol. The first-order chi connectivity index (χ1) is 9.02. The van der Waals surface area contributed by atoms with Crippen molar-refractivity contribution in [3.8, 4) is 0 Å². The van der Waals surface area contributed by atoms with Crippen molar-refractivity contribution in [1.82, 2.24) is 0 Å². The summed E-state index contributed by atoms with van der Waals surface area (Å²) in [5.41, 5.74) is -0.847. The van der Waals surface area contributed by atoms with Crippen molar-refractivity contribution in [2.45, 2.75) is 18.4 Å². The Labute approximate surface area is 108 Å². The lowest BCUT2D eigenvalue weighted by molar-refractivity contribution is 0.0787. The molecular formula is C15H11F3O. The van der Waals surface area contributed by atoms with Gasteiger partial charge >= 0.3 is 0 Å². The zero-order valence-corrected chi connectivity index (χ0v) is 9.96. The lowest BCUT2D eigenvalue weighted by Gasteiger charge is -2.25. The highest BCUT2D eigenvalue weighted by Gasteiger charge is 2.41. The fourth-order valence-electron chi connectivity index (χ4n) is 2.75. The smallest absolute Gasteiger partial charge is 0.132 e. The Morgan fingerprint density at radius 1 is 0.947 bits per heavy atom. The van der Waals surface area contributed by atoms with Crippen LogP contribution in [0.3, 0.4) is 0 Å². The first-order valence-electron chi connectivity index (χ1n) is 5.98. The van der Waals surface area contributed by atoms with Crippen molar-refractivity contribution in [3.05, 3.63) is 70.5 Å². The van der Waals surface area contributed by atoms with Gasteiger partial charge < -0.3 is 5.11 Å². The van der Waals surface area contributed by atoms with Gasteiger partial charge in [0.15, 0.2) is 0 Å². The third-order valence-electron chi connectivity index (χ3n) is 3.68. The van der Waals surface area contributed by atoms with Gasteiger partial charge in [0.1, 0.15) is 23.1 Å². The number of fused-ring (bicyclic) bond motifs is 1. The van der Waals surface area contributed by atoms with E-state index < -0.39 is 23.1 Å². The summed E-state index contributed by atoms with van der Waals surface area (Å²) in [6.07, 6.45) is 0.515. The zero-order chi connectivity index (χ0) is 13.6. The third-order valence-corrected chi connectivity index (χ3v) is 3.68. The van der Waals surface area contributed by atoms with Gasteiger partial charge in [-0.05, 0) is 42.2 Å². The molecule has 0 heterocycles. The molecule has 0 saturated heterocycles. The molecule has 3 rings (SSSR count). The van der Waals surface area contributed by atoms with Crippen molar-refractivity contribution in [2.24, 2.45) is 0 Å². The molecule has 0 radical (unpaired) electrons. The number of aliphatic hydroxyl groups is 1. The zero-order valence-electron chi connectivity index (χ0n) is 9.96. The molecule has 4 heteroatoms. The molecule has 19 heavy (non-hydrogen) atoms. The molecule has 98 valence electrons. The summed E-state index contributed by atoms with van der Waals surface area (Å²) in [5, 5.41) is 10.7. The van der Waals surface area contributed by atoms with E-state index in [1.54, 1.807) is 6.07 Å². The van der Waals surface area contributed by atoms with Gasteiger partial charge in [-0.1, -0.05) is 12.1 Å². The quantitative estimate of drug-likeness (QED) is 0.838. The molecule has 1 unspecified atom stereocenters. The van der Waals surface area contributed by atoms with E-state index in [2.05, 4.69) is 0 Å². The van der Waals surface area contributed by atoms with Crippen LogP contribution in [0.5, 0.6) is 0 Å². The summed E-state index contributed by atoms with van der Waals surface area (Å²) in [4.78, 5) is 0. The van der Waals surface area contributed by atoms with Crippen LogP contribution >= 0.6 is 0 Å². The minimum Gasteiger partial charge on any atom is -0.380 e. The van der Waals surface area contributed by atoms with E-state index in [1.165, 1.54) is 18.2 Å². The van der Waals surface area contributed by atoms with Crippen LogP contribution in [0.25, 0.3) is 0 Å². The molecule has 0 aliphatic heterocycles. The molecule has 0 bridgehead atoms. The van der Waals surface area contributed by atoms with Gasteiger partial charge in [0, 0.05) is 11.6 Å². The number of benzene rings is 2. The van der Waals surface area contributed by atoms with Crippen molar-refractivity contribution in [1.29, 1.82) is 0 Å². The predicted molar refractivity (Wildman–Crippen MR) is 64.1 cm³/mol. The molecule has 0 amide bonds. The van der Waals surface area contributed by atoms with Crippen LogP contribution in [0.2, 0.25) is 0 Å². The second-order valence-electron chi connectivity index (χ2n) is 4.75. The summed E-state index contributed by atoms with van der Waals surface area (Å²) in [7, 11) is 0. The lowest BCUT2D eigenvalue weighted by Crippen LogP contribution is -2.25. The van der Waals surface area contributed by atoms with Gasteiger partial charge in [-0.2, -0.15) is 0 Å². The Hall–Kier alpha value is -1.81. The lowest BCUT2D eigenvalue weighted by atomic mass is 9.87. The molecule has 1 aliphatic rings. The van der Waals surface area contributed by atoms with Crippen LogP contribution in [0, 0.1) is 17.5 Å². The fraction of sp³-hybridized carbons (Fsp3) is 0.200. The first kappa shape index (κ1) is 12.2. The minimum absolute atomic E-state index is 0.0155. The molecule has 1 N–H and O–H groups in total. The van der Waals surface area contributed by atoms with E-state index in [1.807, 2.05) is 0 Å². The normalized spacial score (nSPS) is 21.5. The highest BCUT2D eigenvalue weighted by molar-refractivity contribution is 5.46. The maximum absolute atomic E-state index is 13.8. The summed E-state index contributed by atoms with van der Waals surface area (Å²) >= 11 is 0. The molecule has 0 fully saturated rings. The first-order valence-corrected chi connectivity index (χ1v) is 5.98. The van der Waals surface area contributed by atoms with Crippen molar-refractivity contribution < 1.29 is 18.3 Å². The van der Waals surface area contributed by atoms with E-state index in [9.17, 15) is 18.3 Å². The average molecular weight is 264 g/mol. The minimum atomic E-state index is -1.59. The van der Waals surface area contributed by atoms with Gasteiger partial charge in [-0.3, -0.25) is 0 Å². The summed E-state index contributed by atoms with van der Waals surface area (Å²) < 4.78 is 40.4. The molecule has 1 nitrogen and oxygen atoms in total. The Kier molecular flexibility index (Phi) is 2.64. The van der Waals surface area contributed by atoms with E-state index in [-0.39, 0.29) is 12.0 Å². The molecule has 2 aromatic carbocycles. The summed E-state index contributed by atoms with van der Waals surface area (Å²) in [6.45, 7) is 0. The van der Waals surface area contributed by atoms with Crippen molar-refractivity contribution >= 4 is 0 Å². The Bertz CT molecular complexity index is 654. The van der Waals surface area contributed by atoms with Crippen LogP contribution in [-0.2, 0) is 12.0 Å². The average Bonchev–Trinajstić information content (AvgIpc) is 2.69. The van der Waals surface area contributed by atoms with Crippen LogP contribution in [0.15, 0.2) is 36.4 Å². The van der Waals surface area contributed by atoms with E-state index in [4.69, 9.17) is 0 Å². The topological polar surface area (TPSA) is 20.2 Å². The Balaban J connectivity index is 2.19. The fourth-order valence-corrected chi connectivity index (χ4v) is 2.75. The maximum atomic E-state index is 13.8. The highest BCUT2D eigenvalue weighted by atomic mass is 19.1. The summed E-state index contributed by atoms with van der Waals surface area (Å²) in [6, 6.07) is 7.40. The number of hydrogen-bond donors (Lipinski definition) is 1. The Morgan fingerprint density at radius 2 is 1.74 bits per heavy atom. The molecular weight excluding hydrogens is 253 g/mol. The van der Waals surface area contributed by atoms with Crippen LogP contribution in [0.4, 0.5) is 13.2 Å². The number of rotatable bonds is 1. The van der Waals surface area contributed by atoms with Crippen LogP contribution in [-0.4, -0.2) is 5.11 Å². The largest absolute Gasteiger partial charge is 0.380 e. The van der Waals surface area contributed by atoms with Crippen LogP contribution in [0.1, 0.15) is 23.1 Å². The molecule has 0 aromatic heterocycles. The predicted octanol–water partition coefficient (Wildman–Crippen LogP) is 3.29. The maximum Gasteiger partial charge on any atom is 0.132 e. The van der Waals surface area contributed by atoms with Gasteiger partial charge in [0.2, 0.25) is 0 Å². The van der Waals surface area contributed by atoms with E-state index in [0.29, 0.717) is 17.5 Å². The van der Waals surface area contributed by atoms with Gasteiger partial charge in [0.05, 0.1) is 0 Å². The SMILES string of the molecule is OC1(c2ccc(F)cc2F)CCc2c(F)cccc21. The second kappa shape index (κ2) is 4.10. The number of halogens is 3. The van der Waals surface area contributed by atoms with Crippen molar-refractivity contribution in [2.75, 3.05) is 0 Å². The molecule has 0 spiro atoms. The van der Waals surface area contributed by atoms with Gasteiger partial charge in [-0.15, -0.1) is 0 Å². The number of hydrogen-bond acceptors (Lipinski definition) is 1. The molecule has 2 aromatic rings. The summed E-state index contributed by atoms with van der Waals surface area (Å²) in [5.74, 6) is -1.93. The highest BCUT2D eigenvalue weighted by Crippen LogP contribution is 2.43. The second-order valence-corrected chi connectivity index (χ2v) is 4.75. The molecule has 0 saturated carbocycles.